The van der Waals surface area contributed by atoms with Crippen LogP contribution in [-0.2, 0) is 0 Å². The molecule has 1 fully saturated rings. The van der Waals surface area contributed by atoms with E-state index in [1.54, 1.807) is 0 Å². The molecular formula is C13H18ClFN2. The SMILES string of the molecule is CC(C)C1CCN(c2ncc(Cl)cc2F)CC1. The zero-order valence-corrected chi connectivity index (χ0v) is 11.0. The van der Waals surface area contributed by atoms with Crippen LogP contribution in [-0.4, -0.2) is 18.1 Å². The van der Waals surface area contributed by atoms with E-state index in [0.29, 0.717) is 16.8 Å². The molecule has 0 aliphatic carbocycles. The lowest BCUT2D eigenvalue weighted by Crippen LogP contribution is -2.36. The van der Waals surface area contributed by atoms with Gasteiger partial charge in [-0.3, -0.25) is 0 Å². The first-order valence-electron chi connectivity index (χ1n) is 6.14. The van der Waals surface area contributed by atoms with Crippen LogP contribution in [0.15, 0.2) is 12.3 Å². The van der Waals surface area contributed by atoms with Gasteiger partial charge < -0.3 is 4.90 Å². The van der Waals surface area contributed by atoms with E-state index in [4.69, 9.17) is 11.6 Å². The second-order valence-electron chi connectivity index (χ2n) is 5.03. The van der Waals surface area contributed by atoms with Crippen LogP contribution in [0.1, 0.15) is 26.7 Å². The van der Waals surface area contributed by atoms with Crippen molar-refractivity contribution in [3.63, 3.8) is 0 Å². The minimum absolute atomic E-state index is 0.319. The number of pyridine rings is 1. The van der Waals surface area contributed by atoms with Crippen molar-refractivity contribution >= 4 is 17.4 Å². The van der Waals surface area contributed by atoms with E-state index in [2.05, 4.69) is 18.8 Å². The highest BCUT2D eigenvalue weighted by atomic mass is 35.5. The number of nitrogens with zero attached hydrogens (tertiary/aromatic N) is 2. The van der Waals surface area contributed by atoms with Gasteiger partial charge in [0.1, 0.15) is 0 Å². The summed E-state index contributed by atoms with van der Waals surface area (Å²) in [4.78, 5) is 6.11. The Hall–Kier alpha value is -0.830. The van der Waals surface area contributed by atoms with E-state index in [-0.39, 0.29) is 5.82 Å². The van der Waals surface area contributed by atoms with Crippen LogP contribution in [0.5, 0.6) is 0 Å². The van der Waals surface area contributed by atoms with Gasteiger partial charge in [0.15, 0.2) is 11.6 Å². The van der Waals surface area contributed by atoms with Crippen molar-refractivity contribution in [2.24, 2.45) is 11.8 Å². The van der Waals surface area contributed by atoms with Gasteiger partial charge in [-0.25, -0.2) is 9.37 Å². The lowest BCUT2D eigenvalue weighted by molar-refractivity contribution is 0.309. The topological polar surface area (TPSA) is 16.1 Å². The van der Waals surface area contributed by atoms with Gasteiger partial charge in [0, 0.05) is 19.3 Å². The summed E-state index contributed by atoms with van der Waals surface area (Å²) in [7, 11) is 0. The van der Waals surface area contributed by atoms with E-state index >= 15 is 0 Å². The predicted octanol–water partition coefficient (Wildman–Crippen LogP) is 3.75. The van der Waals surface area contributed by atoms with Crippen LogP contribution < -0.4 is 4.90 Å². The van der Waals surface area contributed by atoms with Crippen molar-refractivity contribution in [2.45, 2.75) is 26.7 Å². The molecule has 0 radical (unpaired) electrons. The second kappa shape index (κ2) is 5.21. The number of anilines is 1. The standard InChI is InChI=1S/C13H18ClFN2/c1-9(2)10-3-5-17(6-4-10)13-12(15)7-11(14)8-16-13/h7-10H,3-6H2,1-2H3. The van der Waals surface area contributed by atoms with Crippen molar-refractivity contribution in [1.29, 1.82) is 0 Å². The predicted molar refractivity (Wildman–Crippen MR) is 69.0 cm³/mol. The number of piperidine rings is 1. The highest BCUT2D eigenvalue weighted by Gasteiger charge is 2.23. The van der Waals surface area contributed by atoms with Gasteiger partial charge in [-0.1, -0.05) is 25.4 Å². The summed E-state index contributed by atoms with van der Waals surface area (Å²) in [6.45, 7) is 6.27. The fourth-order valence-electron chi connectivity index (χ4n) is 2.42. The van der Waals surface area contributed by atoms with Gasteiger partial charge in [-0.15, -0.1) is 0 Å². The van der Waals surface area contributed by atoms with Crippen molar-refractivity contribution < 1.29 is 4.39 Å². The van der Waals surface area contributed by atoms with Gasteiger partial charge in [0.25, 0.3) is 0 Å². The third kappa shape index (κ3) is 2.89. The highest BCUT2D eigenvalue weighted by Crippen LogP contribution is 2.28. The molecule has 0 bridgehead atoms. The molecule has 0 unspecified atom stereocenters. The Morgan fingerprint density at radius 1 is 1.41 bits per heavy atom. The van der Waals surface area contributed by atoms with Crippen molar-refractivity contribution in [2.75, 3.05) is 18.0 Å². The molecule has 2 heterocycles. The van der Waals surface area contributed by atoms with Crippen LogP contribution in [0.3, 0.4) is 0 Å². The summed E-state index contributed by atoms with van der Waals surface area (Å²) in [6.07, 6.45) is 3.73. The smallest absolute Gasteiger partial charge is 0.167 e. The average Bonchev–Trinajstić information content (AvgIpc) is 2.29. The van der Waals surface area contributed by atoms with Crippen LogP contribution in [0, 0.1) is 17.7 Å². The molecule has 1 aromatic heterocycles. The molecule has 0 saturated carbocycles. The first-order valence-corrected chi connectivity index (χ1v) is 6.51. The maximum atomic E-state index is 13.7. The van der Waals surface area contributed by atoms with Crippen molar-refractivity contribution in [1.82, 2.24) is 4.98 Å². The van der Waals surface area contributed by atoms with Crippen LogP contribution >= 0.6 is 11.6 Å². The summed E-state index contributed by atoms with van der Waals surface area (Å²) < 4.78 is 13.7. The Balaban J connectivity index is 2.05. The fraction of sp³-hybridized carbons (Fsp3) is 0.615. The Kier molecular flexibility index (Phi) is 3.87. The fourth-order valence-corrected chi connectivity index (χ4v) is 2.56. The molecule has 2 rings (SSSR count). The third-order valence-electron chi connectivity index (χ3n) is 3.57. The minimum Gasteiger partial charge on any atom is -0.354 e. The zero-order chi connectivity index (χ0) is 12.4. The molecule has 0 spiro atoms. The van der Waals surface area contributed by atoms with Crippen LogP contribution in [0.25, 0.3) is 0 Å². The molecule has 0 amide bonds. The Morgan fingerprint density at radius 2 is 2.06 bits per heavy atom. The number of hydrogen-bond acceptors (Lipinski definition) is 2. The maximum Gasteiger partial charge on any atom is 0.167 e. The van der Waals surface area contributed by atoms with Gasteiger partial charge in [0.2, 0.25) is 0 Å². The quantitative estimate of drug-likeness (QED) is 0.801. The summed E-state index contributed by atoms with van der Waals surface area (Å²) in [5.74, 6) is 1.58. The van der Waals surface area contributed by atoms with Crippen LogP contribution in [0.4, 0.5) is 10.2 Å². The normalized spacial score (nSPS) is 17.8. The second-order valence-corrected chi connectivity index (χ2v) is 5.46. The number of halogens is 2. The third-order valence-corrected chi connectivity index (χ3v) is 3.78. The van der Waals surface area contributed by atoms with Crippen molar-refractivity contribution in [3.05, 3.63) is 23.1 Å². The highest BCUT2D eigenvalue weighted by molar-refractivity contribution is 6.30. The summed E-state index contributed by atoms with van der Waals surface area (Å²) in [5, 5.41) is 0.350. The first kappa shape index (κ1) is 12.6. The lowest BCUT2D eigenvalue weighted by Gasteiger charge is -2.34. The minimum atomic E-state index is -0.319. The summed E-state index contributed by atoms with van der Waals surface area (Å²) in [6, 6.07) is 1.33. The van der Waals surface area contributed by atoms with E-state index < -0.39 is 0 Å². The van der Waals surface area contributed by atoms with E-state index in [1.807, 2.05) is 4.90 Å². The zero-order valence-electron chi connectivity index (χ0n) is 10.3. The number of rotatable bonds is 2. The molecule has 1 aliphatic heterocycles. The van der Waals surface area contributed by atoms with Gasteiger partial charge >= 0.3 is 0 Å². The molecule has 94 valence electrons. The van der Waals surface area contributed by atoms with Crippen LogP contribution in [0.2, 0.25) is 5.02 Å². The van der Waals surface area contributed by atoms with E-state index in [9.17, 15) is 4.39 Å². The molecule has 17 heavy (non-hydrogen) atoms. The van der Waals surface area contributed by atoms with E-state index in [1.165, 1.54) is 12.3 Å². The molecule has 1 aliphatic rings. The van der Waals surface area contributed by atoms with Gasteiger partial charge in [-0.05, 0) is 30.7 Å². The maximum absolute atomic E-state index is 13.7. The van der Waals surface area contributed by atoms with Crippen molar-refractivity contribution in [3.8, 4) is 0 Å². The molecule has 4 heteroatoms. The largest absolute Gasteiger partial charge is 0.354 e. The molecule has 1 aromatic rings. The molecule has 0 N–H and O–H groups in total. The molecule has 0 aromatic carbocycles. The Labute approximate surface area is 107 Å². The molecule has 0 atom stereocenters. The monoisotopic (exact) mass is 256 g/mol. The van der Waals surface area contributed by atoms with Gasteiger partial charge in [-0.2, -0.15) is 0 Å². The first-order chi connectivity index (χ1) is 8.08. The molecular weight excluding hydrogens is 239 g/mol. The molecule has 2 nitrogen and oxygen atoms in total. The Bertz CT molecular complexity index is 387. The lowest BCUT2D eigenvalue weighted by atomic mass is 9.87. The molecule has 1 saturated heterocycles. The van der Waals surface area contributed by atoms with E-state index in [0.717, 1.165) is 31.8 Å². The number of aromatic nitrogens is 1. The average molecular weight is 257 g/mol. The number of hydrogen-bond donors (Lipinski definition) is 0. The Morgan fingerprint density at radius 3 is 2.59 bits per heavy atom. The summed E-state index contributed by atoms with van der Waals surface area (Å²) in [5.41, 5.74) is 0. The van der Waals surface area contributed by atoms with Gasteiger partial charge in [0.05, 0.1) is 5.02 Å². The summed E-state index contributed by atoms with van der Waals surface area (Å²) >= 11 is 5.70.